The summed E-state index contributed by atoms with van der Waals surface area (Å²) in [5.74, 6) is 0. The van der Waals surface area contributed by atoms with Gasteiger partial charge in [-0.15, -0.1) is 9.60 Å². The lowest BCUT2D eigenvalue weighted by molar-refractivity contribution is 0.00894. The van der Waals surface area contributed by atoms with E-state index in [9.17, 15) is 4.48 Å². The Morgan fingerprint density at radius 3 is 2.23 bits per heavy atom. The smallest absolute Gasteiger partial charge is 0.133 e. The highest BCUT2D eigenvalue weighted by molar-refractivity contribution is 6.70. The fourth-order valence-corrected chi connectivity index (χ4v) is 1.20. The van der Waals surface area contributed by atoms with E-state index >= 15 is 0 Å². The Bertz CT molecular complexity index is 139. The Morgan fingerprint density at radius 2 is 1.85 bits per heavy atom. The third kappa shape index (κ3) is 6.19. The van der Waals surface area contributed by atoms with Crippen molar-refractivity contribution >= 4 is 46.4 Å². The number of halogens is 5. The van der Waals surface area contributed by atoms with Crippen LogP contribution in [-0.2, 0) is 0 Å². The molecule has 1 unspecified atom stereocenters. The summed E-state index contributed by atoms with van der Waals surface area (Å²) in [7, 11) is 0. The molecule has 80 valence electrons. The van der Waals surface area contributed by atoms with Crippen LogP contribution in [0.2, 0.25) is 0 Å². The van der Waals surface area contributed by atoms with Gasteiger partial charge in [0.15, 0.2) is 5.50 Å². The van der Waals surface area contributed by atoms with E-state index in [1.54, 1.807) is 0 Å². The molecule has 0 heterocycles. The van der Waals surface area contributed by atoms with Crippen LogP contribution in [0.15, 0.2) is 0 Å². The van der Waals surface area contributed by atoms with Crippen LogP contribution in [0.25, 0.3) is 0 Å². The Morgan fingerprint density at radius 1 is 1.31 bits per heavy atom. The summed E-state index contributed by atoms with van der Waals surface area (Å²) in [6.07, 6.45) is 2.65. The monoisotopic (exact) mass is 269 g/mol. The molecule has 1 nitrogen and oxygen atoms in total. The maximum Gasteiger partial charge on any atom is 0.222 e. The van der Waals surface area contributed by atoms with Crippen molar-refractivity contribution in [1.82, 2.24) is 5.12 Å². The van der Waals surface area contributed by atoms with Gasteiger partial charge in [-0.3, -0.25) is 0 Å². The van der Waals surface area contributed by atoms with Crippen LogP contribution in [0.1, 0.15) is 26.2 Å². The average molecular weight is 271 g/mol. The molecule has 0 aliphatic rings. The van der Waals surface area contributed by atoms with E-state index in [4.69, 9.17) is 46.4 Å². The topological polar surface area (TPSA) is 3.24 Å². The van der Waals surface area contributed by atoms with Crippen LogP contribution in [0, 0.1) is 0 Å². The van der Waals surface area contributed by atoms with Crippen molar-refractivity contribution in [2.75, 3.05) is 6.54 Å². The molecule has 0 aromatic carbocycles. The van der Waals surface area contributed by atoms with Gasteiger partial charge in [0.1, 0.15) is 0 Å². The molecule has 0 saturated heterocycles. The summed E-state index contributed by atoms with van der Waals surface area (Å²) in [5, 5.41) is 0.351. The van der Waals surface area contributed by atoms with Crippen molar-refractivity contribution < 1.29 is 4.48 Å². The minimum absolute atomic E-state index is 0.190. The summed E-state index contributed by atoms with van der Waals surface area (Å²) in [5.41, 5.74) is -1.23. The van der Waals surface area contributed by atoms with Gasteiger partial charge in [-0.25, -0.2) is 0 Å². The molecular weight excluding hydrogens is 259 g/mol. The zero-order valence-electron chi connectivity index (χ0n) is 7.24. The van der Waals surface area contributed by atoms with Gasteiger partial charge in [0.25, 0.3) is 0 Å². The molecule has 0 amide bonds. The number of alkyl halides is 4. The predicted molar refractivity (Wildman–Crippen MR) is 57.3 cm³/mol. The van der Waals surface area contributed by atoms with Gasteiger partial charge in [0.05, 0.1) is 0 Å². The largest absolute Gasteiger partial charge is 0.222 e. The van der Waals surface area contributed by atoms with Crippen molar-refractivity contribution in [3.05, 3.63) is 0 Å². The second-order valence-electron chi connectivity index (χ2n) is 2.71. The molecule has 0 rings (SSSR count). The van der Waals surface area contributed by atoms with E-state index in [1.165, 1.54) is 0 Å². The van der Waals surface area contributed by atoms with Gasteiger partial charge < -0.3 is 0 Å². The molecule has 6 heteroatoms. The minimum Gasteiger partial charge on any atom is -0.133 e. The highest BCUT2D eigenvalue weighted by atomic mass is 35.6. The molecule has 1 atom stereocenters. The van der Waals surface area contributed by atoms with Gasteiger partial charge in [-0.2, -0.15) is 0 Å². The van der Waals surface area contributed by atoms with E-state index in [-0.39, 0.29) is 6.54 Å². The first-order valence-electron chi connectivity index (χ1n) is 4.02. The number of nitrogens with zero attached hydrogens (tertiary/aromatic N) is 1. The number of hydrogen-bond acceptors (Lipinski definition) is 1. The summed E-state index contributed by atoms with van der Waals surface area (Å²) in [6, 6.07) is 0. The molecular formula is C7H12Cl4FN. The van der Waals surface area contributed by atoms with Crippen molar-refractivity contribution in [3.8, 4) is 0 Å². The van der Waals surface area contributed by atoms with Crippen molar-refractivity contribution in [1.29, 1.82) is 0 Å². The minimum atomic E-state index is -1.79. The third-order valence-electron chi connectivity index (χ3n) is 1.49. The molecule has 0 radical (unpaired) electrons. The van der Waals surface area contributed by atoms with Gasteiger partial charge in [-0.05, 0) is 6.42 Å². The second kappa shape index (κ2) is 6.52. The fourth-order valence-electron chi connectivity index (χ4n) is 0.785. The molecule has 0 bridgehead atoms. The summed E-state index contributed by atoms with van der Waals surface area (Å²) < 4.78 is 11.3. The van der Waals surface area contributed by atoms with Gasteiger partial charge in [0.2, 0.25) is 3.79 Å². The van der Waals surface area contributed by atoms with Crippen LogP contribution < -0.4 is 0 Å². The Balaban J connectivity index is 3.76. The van der Waals surface area contributed by atoms with E-state index in [1.807, 2.05) is 6.92 Å². The van der Waals surface area contributed by atoms with Gasteiger partial charge in [0, 0.05) is 6.54 Å². The molecule has 0 saturated carbocycles. The fraction of sp³-hybridized carbons (Fsp3) is 1.00. The summed E-state index contributed by atoms with van der Waals surface area (Å²) in [6.45, 7) is 2.21. The Hall–Kier alpha value is 1.05. The quantitative estimate of drug-likeness (QED) is 0.312. The summed E-state index contributed by atoms with van der Waals surface area (Å²) >= 11 is 21.8. The normalized spacial score (nSPS) is 15.0. The Labute approximate surface area is 98.0 Å². The highest BCUT2D eigenvalue weighted by Gasteiger charge is 2.36. The molecule has 0 aliphatic carbocycles. The number of unbranched alkanes of at least 4 members (excludes halogenated alkanes) is 2. The standard InChI is InChI=1S/C7H12Cl4FN/c1-2-3-4-5-13(12)6(8)7(9,10)11/h6H,2-5H2,1H3. The van der Waals surface area contributed by atoms with Crippen LogP contribution in [0.5, 0.6) is 0 Å². The van der Waals surface area contributed by atoms with Gasteiger partial charge >= 0.3 is 0 Å². The molecule has 13 heavy (non-hydrogen) atoms. The maximum atomic E-state index is 13.1. The predicted octanol–water partition coefficient (Wildman–Crippen LogP) is 4.30. The highest BCUT2D eigenvalue weighted by Crippen LogP contribution is 2.35. The zero-order chi connectivity index (χ0) is 10.5. The zero-order valence-corrected chi connectivity index (χ0v) is 10.3. The van der Waals surface area contributed by atoms with Crippen molar-refractivity contribution in [2.45, 2.75) is 35.5 Å². The lowest BCUT2D eigenvalue weighted by atomic mass is 10.2. The van der Waals surface area contributed by atoms with E-state index in [2.05, 4.69) is 0 Å². The Kier molecular flexibility index (Phi) is 7.04. The maximum absolute atomic E-state index is 13.1. The number of rotatable bonds is 5. The first kappa shape index (κ1) is 14.1. The third-order valence-corrected chi connectivity index (χ3v) is 2.99. The molecule has 0 aliphatic heterocycles. The van der Waals surface area contributed by atoms with Crippen LogP contribution in [-0.4, -0.2) is 21.0 Å². The van der Waals surface area contributed by atoms with Crippen LogP contribution in [0.3, 0.4) is 0 Å². The van der Waals surface area contributed by atoms with Crippen molar-refractivity contribution in [2.24, 2.45) is 0 Å². The van der Waals surface area contributed by atoms with E-state index < -0.39 is 9.29 Å². The molecule has 0 fully saturated rings. The van der Waals surface area contributed by atoms with Crippen molar-refractivity contribution in [3.63, 3.8) is 0 Å². The van der Waals surface area contributed by atoms with Crippen LogP contribution in [0.4, 0.5) is 4.48 Å². The molecule has 0 spiro atoms. The average Bonchev–Trinajstić information content (AvgIpc) is 2.01. The summed E-state index contributed by atoms with van der Waals surface area (Å²) in [4.78, 5) is 0. The lowest BCUT2D eigenvalue weighted by Gasteiger charge is -2.23. The first-order valence-corrected chi connectivity index (χ1v) is 5.59. The van der Waals surface area contributed by atoms with Crippen LogP contribution >= 0.6 is 46.4 Å². The van der Waals surface area contributed by atoms with Gasteiger partial charge in [-0.1, -0.05) is 66.2 Å². The second-order valence-corrected chi connectivity index (χ2v) is 5.49. The number of hydrogen-bond donors (Lipinski definition) is 0. The SMILES string of the molecule is CCCCCN(F)C(Cl)C(Cl)(Cl)Cl. The first-order chi connectivity index (χ1) is 5.89. The molecule has 0 aromatic rings. The molecule has 0 N–H and O–H groups in total. The molecule has 0 aromatic heterocycles. The van der Waals surface area contributed by atoms with E-state index in [0.717, 1.165) is 12.8 Å². The lowest BCUT2D eigenvalue weighted by Crippen LogP contribution is -2.35. The van der Waals surface area contributed by atoms with E-state index in [0.29, 0.717) is 11.5 Å².